The van der Waals surface area contributed by atoms with Gasteiger partial charge in [0.05, 0.1) is 5.56 Å². The smallest absolute Gasteiger partial charge is 0.325 e. The number of nitrogens with one attached hydrogen (secondary N) is 3. The molecule has 0 aliphatic carbocycles. The van der Waals surface area contributed by atoms with Gasteiger partial charge in [-0.25, -0.2) is 4.79 Å². The normalized spacial score (nSPS) is 19.6. The van der Waals surface area contributed by atoms with Gasteiger partial charge in [-0.15, -0.1) is 0 Å². The maximum Gasteiger partial charge on any atom is 0.416 e. The Balaban J connectivity index is 1.63. The maximum absolute atomic E-state index is 12.5. The summed E-state index contributed by atoms with van der Waals surface area (Å²) in [6.07, 6.45) is -3.59. The Hall–Kier alpha value is -2.62. The van der Waals surface area contributed by atoms with Crippen LogP contribution in [-0.4, -0.2) is 47.9 Å². The number of urea groups is 1. The quantitative estimate of drug-likeness (QED) is 0.700. The predicted molar refractivity (Wildman–Crippen MR) is 85.2 cm³/mol. The fourth-order valence-electron chi connectivity index (χ4n) is 3.10. The topological polar surface area (TPSA) is 90.5 Å². The summed E-state index contributed by atoms with van der Waals surface area (Å²) in [7, 11) is 0. The molecule has 0 aromatic heterocycles. The number of hydrogen-bond donors (Lipinski definition) is 3. The van der Waals surface area contributed by atoms with E-state index in [9.17, 15) is 27.6 Å². The summed E-state index contributed by atoms with van der Waals surface area (Å²) in [4.78, 5) is 37.5. The molecular weight excluding hydrogens is 353 g/mol. The maximum atomic E-state index is 12.5. The van der Waals surface area contributed by atoms with Gasteiger partial charge in [0.2, 0.25) is 5.91 Å². The minimum absolute atomic E-state index is 0.145. The Labute approximate surface area is 146 Å². The third-order valence-electron chi connectivity index (χ3n) is 4.50. The van der Waals surface area contributed by atoms with E-state index in [1.165, 1.54) is 0 Å². The van der Waals surface area contributed by atoms with E-state index in [4.69, 9.17) is 0 Å². The van der Waals surface area contributed by atoms with E-state index >= 15 is 0 Å². The molecule has 0 atom stereocenters. The van der Waals surface area contributed by atoms with Crippen LogP contribution in [0.25, 0.3) is 0 Å². The summed E-state index contributed by atoms with van der Waals surface area (Å²) >= 11 is 0. The first-order valence-electron chi connectivity index (χ1n) is 8.03. The summed E-state index contributed by atoms with van der Waals surface area (Å²) in [5, 5.41) is 8.14. The van der Waals surface area contributed by atoms with Gasteiger partial charge >= 0.3 is 12.2 Å². The molecule has 3 N–H and O–H groups in total. The van der Waals surface area contributed by atoms with E-state index in [-0.39, 0.29) is 5.69 Å². The second-order valence-corrected chi connectivity index (χ2v) is 6.28. The number of imide groups is 1. The van der Waals surface area contributed by atoms with Crippen molar-refractivity contribution in [1.29, 1.82) is 0 Å². The number of amides is 4. The number of rotatable bonds is 3. The molecule has 2 aliphatic rings. The van der Waals surface area contributed by atoms with Crippen LogP contribution in [0.5, 0.6) is 0 Å². The first-order chi connectivity index (χ1) is 12.2. The lowest BCUT2D eigenvalue weighted by molar-refractivity contribution is -0.137. The second kappa shape index (κ2) is 6.60. The van der Waals surface area contributed by atoms with Crippen LogP contribution in [-0.2, 0) is 15.8 Å². The third kappa shape index (κ3) is 3.50. The molecule has 2 aliphatic heterocycles. The van der Waals surface area contributed by atoms with Crippen LogP contribution in [0.1, 0.15) is 18.4 Å². The van der Waals surface area contributed by atoms with Crippen LogP contribution in [0.4, 0.5) is 23.7 Å². The van der Waals surface area contributed by atoms with Gasteiger partial charge in [0.25, 0.3) is 5.91 Å². The molecule has 0 bridgehead atoms. The Bertz CT molecular complexity index is 727. The summed E-state index contributed by atoms with van der Waals surface area (Å²) in [5.41, 5.74) is -1.67. The van der Waals surface area contributed by atoms with E-state index in [1.54, 1.807) is 0 Å². The average Bonchev–Trinajstić information content (AvgIpc) is 2.79. The van der Waals surface area contributed by atoms with Crippen LogP contribution < -0.4 is 16.0 Å². The van der Waals surface area contributed by atoms with Crippen molar-refractivity contribution >= 4 is 23.5 Å². The van der Waals surface area contributed by atoms with Crippen LogP contribution in [0, 0.1) is 0 Å². The summed E-state index contributed by atoms with van der Waals surface area (Å²) in [5.74, 6) is -1.12. The fourth-order valence-corrected chi connectivity index (χ4v) is 3.10. The zero-order valence-electron chi connectivity index (χ0n) is 13.7. The Morgan fingerprint density at radius 2 is 1.77 bits per heavy atom. The molecule has 1 aromatic rings. The van der Waals surface area contributed by atoms with Crippen molar-refractivity contribution in [1.82, 2.24) is 15.5 Å². The summed E-state index contributed by atoms with van der Waals surface area (Å²) in [6, 6.07) is 3.27. The van der Waals surface area contributed by atoms with Crippen molar-refractivity contribution in [2.75, 3.05) is 25.0 Å². The zero-order valence-corrected chi connectivity index (χ0v) is 13.7. The highest BCUT2D eigenvalue weighted by Crippen LogP contribution is 2.30. The molecular formula is C16H17F3N4O3. The Morgan fingerprint density at radius 3 is 2.35 bits per heavy atom. The lowest BCUT2D eigenvalue weighted by Gasteiger charge is -2.30. The first kappa shape index (κ1) is 18.2. The molecule has 1 aromatic carbocycles. The fraction of sp³-hybridized carbons (Fsp3) is 0.438. The number of carbonyl (C=O) groups excluding carboxylic acids is 3. The summed E-state index contributed by atoms with van der Waals surface area (Å²) in [6.45, 7) is 0.663. The minimum Gasteiger partial charge on any atom is -0.325 e. The van der Waals surface area contributed by atoms with Crippen molar-refractivity contribution in [2.45, 2.75) is 24.6 Å². The molecule has 2 heterocycles. The number of halogens is 3. The number of piperidine rings is 1. The number of alkyl halides is 3. The number of carbonyl (C=O) groups is 3. The van der Waals surface area contributed by atoms with Crippen LogP contribution in [0.15, 0.2) is 24.3 Å². The highest BCUT2D eigenvalue weighted by atomic mass is 19.4. The molecule has 1 spiro atoms. The van der Waals surface area contributed by atoms with Gasteiger partial charge in [-0.05, 0) is 50.2 Å². The van der Waals surface area contributed by atoms with Gasteiger partial charge in [-0.1, -0.05) is 0 Å². The molecule has 0 saturated carbocycles. The zero-order chi connectivity index (χ0) is 18.9. The predicted octanol–water partition coefficient (Wildman–Crippen LogP) is 1.32. The van der Waals surface area contributed by atoms with Gasteiger partial charge in [0.15, 0.2) is 0 Å². The largest absolute Gasteiger partial charge is 0.416 e. The number of anilines is 1. The van der Waals surface area contributed by atoms with E-state index in [2.05, 4.69) is 16.0 Å². The van der Waals surface area contributed by atoms with E-state index in [0.29, 0.717) is 25.9 Å². The highest BCUT2D eigenvalue weighted by Gasteiger charge is 2.51. The lowest BCUT2D eigenvalue weighted by Crippen LogP contribution is -2.54. The second-order valence-electron chi connectivity index (χ2n) is 6.28. The molecule has 4 amide bonds. The number of nitrogens with zero attached hydrogens (tertiary/aromatic N) is 1. The van der Waals surface area contributed by atoms with Crippen LogP contribution in [0.3, 0.4) is 0 Å². The van der Waals surface area contributed by atoms with Crippen LogP contribution in [0.2, 0.25) is 0 Å². The lowest BCUT2D eigenvalue weighted by atomic mass is 9.88. The third-order valence-corrected chi connectivity index (χ3v) is 4.50. The molecule has 3 rings (SSSR count). The monoisotopic (exact) mass is 370 g/mol. The van der Waals surface area contributed by atoms with E-state index in [1.807, 2.05) is 0 Å². The molecule has 7 nitrogen and oxygen atoms in total. The molecule has 2 saturated heterocycles. The highest BCUT2D eigenvalue weighted by molar-refractivity contribution is 6.10. The molecule has 0 unspecified atom stereocenters. The molecule has 26 heavy (non-hydrogen) atoms. The van der Waals surface area contributed by atoms with Gasteiger partial charge in [0, 0.05) is 5.69 Å². The van der Waals surface area contributed by atoms with E-state index in [0.717, 1.165) is 29.2 Å². The number of hydrogen-bond acceptors (Lipinski definition) is 4. The Kier molecular flexibility index (Phi) is 4.61. The van der Waals surface area contributed by atoms with Gasteiger partial charge in [-0.2, -0.15) is 13.2 Å². The molecule has 10 heteroatoms. The minimum atomic E-state index is -4.47. The average molecular weight is 370 g/mol. The standard InChI is InChI=1S/C16H17F3N4O3/c17-16(18,19)10-1-3-11(4-2-10)21-12(24)9-23-13(25)15(22-14(23)26)5-7-20-8-6-15/h1-4,20H,5-9H2,(H,21,24)(H,22,26). The van der Waals surface area contributed by atoms with Crippen LogP contribution >= 0.6 is 0 Å². The SMILES string of the molecule is O=C(CN1C(=O)NC2(CCNCC2)C1=O)Nc1ccc(C(F)(F)F)cc1. The van der Waals surface area contributed by atoms with Gasteiger partial charge in [-0.3, -0.25) is 14.5 Å². The molecule has 140 valence electrons. The summed E-state index contributed by atoms with van der Waals surface area (Å²) < 4.78 is 37.6. The van der Waals surface area contributed by atoms with E-state index < -0.39 is 41.7 Å². The van der Waals surface area contributed by atoms with Crippen molar-refractivity contribution in [3.63, 3.8) is 0 Å². The van der Waals surface area contributed by atoms with Crippen molar-refractivity contribution in [3.8, 4) is 0 Å². The van der Waals surface area contributed by atoms with Crippen molar-refractivity contribution < 1.29 is 27.6 Å². The first-order valence-corrected chi connectivity index (χ1v) is 8.03. The van der Waals surface area contributed by atoms with Crippen molar-refractivity contribution in [3.05, 3.63) is 29.8 Å². The Morgan fingerprint density at radius 1 is 1.15 bits per heavy atom. The van der Waals surface area contributed by atoms with Gasteiger partial charge in [0.1, 0.15) is 12.1 Å². The molecule has 2 fully saturated rings. The molecule has 0 radical (unpaired) electrons. The van der Waals surface area contributed by atoms with Crippen molar-refractivity contribution in [2.24, 2.45) is 0 Å². The van der Waals surface area contributed by atoms with Gasteiger partial charge < -0.3 is 16.0 Å². The number of benzene rings is 1.